The Balaban J connectivity index is 1.69. The highest BCUT2D eigenvalue weighted by Gasteiger charge is 2.12. The summed E-state index contributed by atoms with van der Waals surface area (Å²) in [6.07, 6.45) is 1.46. The third kappa shape index (κ3) is 3.11. The van der Waals surface area contributed by atoms with Gasteiger partial charge >= 0.3 is 0 Å². The molecule has 0 saturated carbocycles. The van der Waals surface area contributed by atoms with Crippen molar-refractivity contribution in [3.8, 4) is 22.4 Å². The van der Waals surface area contributed by atoms with E-state index in [-0.39, 0.29) is 5.56 Å². The van der Waals surface area contributed by atoms with Crippen LogP contribution < -0.4 is 0 Å². The van der Waals surface area contributed by atoms with Gasteiger partial charge in [0, 0.05) is 28.0 Å². The van der Waals surface area contributed by atoms with E-state index in [1.54, 1.807) is 0 Å². The van der Waals surface area contributed by atoms with Gasteiger partial charge in [-0.2, -0.15) is 0 Å². The van der Waals surface area contributed by atoms with Crippen LogP contribution in [0.5, 0.6) is 0 Å². The number of benzene rings is 3. The fraction of sp³-hybridized carbons (Fsp3) is 0.148. The van der Waals surface area contributed by atoms with Gasteiger partial charge in [-0.3, -0.25) is 4.98 Å². The van der Waals surface area contributed by atoms with Gasteiger partial charge in [-0.15, -0.1) is 0 Å². The lowest BCUT2D eigenvalue weighted by Gasteiger charge is -2.09. The molecular formula is C27H23NO. The molecule has 5 aromatic rings. The Kier molecular flexibility index (Phi) is 3.26. The van der Waals surface area contributed by atoms with Crippen molar-refractivity contribution in [2.45, 2.75) is 26.6 Å². The second-order valence-corrected chi connectivity index (χ2v) is 7.51. The highest BCUT2D eigenvalue weighted by atomic mass is 16.3. The molecule has 142 valence electrons. The van der Waals surface area contributed by atoms with Crippen LogP contribution in [0.4, 0.5) is 0 Å². The SMILES string of the molecule is [2H]C([2H])([2H])c1cnc(-c2ccc3oc4ccc(C([2H])(C)C)cc4c3c2)cc1-c1ccccc1. The summed E-state index contributed by atoms with van der Waals surface area (Å²) in [5, 5.41) is 1.89. The van der Waals surface area contributed by atoms with Crippen molar-refractivity contribution in [1.29, 1.82) is 0 Å². The number of hydrogen-bond acceptors (Lipinski definition) is 2. The Morgan fingerprint density at radius 3 is 2.38 bits per heavy atom. The van der Waals surface area contributed by atoms with E-state index in [9.17, 15) is 0 Å². The third-order valence-corrected chi connectivity index (χ3v) is 5.33. The van der Waals surface area contributed by atoms with E-state index in [2.05, 4.69) is 4.98 Å². The molecule has 3 aromatic carbocycles. The molecule has 0 atom stereocenters. The second kappa shape index (κ2) is 6.89. The van der Waals surface area contributed by atoms with Gasteiger partial charge in [-0.25, -0.2) is 0 Å². The number of rotatable bonds is 3. The molecule has 5 rings (SSSR count). The van der Waals surface area contributed by atoms with Crippen LogP contribution in [0.15, 0.2) is 83.4 Å². The highest BCUT2D eigenvalue weighted by Crippen LogP contribution is 2.35. The Labute approximate surface area is 176 Å². The summed E-state index contributed by atoms with van der Waals surface area (Å²) in [4.78, 5) is 4.51. The van der Waals surface area contributed by atoms with E-state index in [0.29, 0.717) is 11.3 Å². The first-order valence-corrected chi connectivity index (χ1v) is 9.64. The number of pyridine rings is 1. The molecule has 0 bridgehead atoms. The van der Waals surface area contributed by atoms with Gasteiger partial charge in [0.15, 0.2) is 0 Å². The molecule has 2 heteroatoms. The fourth-order valence-corrected chi connectivity index (χ4v) is 3.72. The van der Waals surface area contributed by atoms with Crippen LogP contribution in [0.25, 0.3) is 44.3 Å². The maximum absolute atomic E-state index is 8.38. The topological polar surface area (TPSA) is 26.0 Å². The van der Waals surface area contributed by atoms with E-state index in [1.807, 2.05) is 86.6 Å². The lowest BCUT2D eigenvalue weighted by molar-refractivity contribution is 0.668. The summed E-state index contributed by atoms with van der Waals surface area (Å²) in [5.74, 6) is -0.716. The van der Waals surface area contributed by atoms with Crippen LogP contribution in [-0.2, 0) is 0 Å². The molecule has 0 fully saturated rings. The monoisotopic (exact) mass is 381 g/mol. The van der Waals surface area contributed by atoms with Crippen LogP contribution >= 0.6 is 0 Å². The van der Waals surface area contributed by atoms with Crippen LogP contribution in [0, 0.1) is 6.85 Å². The molecule has 0 aliphatic heterocycles. The Morgan fingerprint density at radius 1 is 0.862 bits per heavy atom. The van der Waals surface area contributed by atoms with Crippen molar-refractivity contribution >= 4 is 21.9 Å². The van der Waals surface area contributed by atoms with Crippen LogP contribution in [0.3, 0.4) is 0 Å². The molecule has 0 saturated heterocycles. The summed E-state index contributed by atoms with van der Waals surface area (Å²) < 4.78 is 38.2. The summed E-state index contributed by atoms with van der Waals surface area (Å²) in [6.45, 7) is 1.47. The molecule has 0 spiro atoms. The summed E-state index contributed by atoms with van der Waals surface area (Å²) in [5.41, 5.74) is 5.72. The van der Waals surface area contributed by atoms with Crippen LogP contribution in [-0.4, -0.2) is 4.98 Å². The first-order chi connectivity index (χ1) is 15.6. The minimum absolute atomic E-state index is 0.231. The average Bonchev–Trinajstić information content (AvgIpc) is 3.15. The largest absolute Gasteiger partial charge is 0.456 e. The molecule has 0 N–H and O–H groups in total. The van der Waals surface area contributed by atoms with E-state index < -0.39 is 12.7 Å². The summed E-state index contributed by atoms with van der Waals surface area (Å²) >= 11 is 0. The number of aromatic nitrogens is 1. The zero-order valence-corrected chi connectivity index (χ0v) is 16.4. The predicted octanol–water partition coefficient (Wildman–Crippen LogP) is 7.75. The van der Waals surface area contributed by atoms with Crippen LogP contribution in [0.1, 0.15) is 36.4 Å². The number of nitrogens with zero attached hydrogens (tertiary/aromatic N) is 1. The Morgan fingerprint density at radius 2 is 1.62 bits per heavy atom. The third-order valence-electron chi connectivity index (χ3n) is 5.33. The van der Waals surface area contributed by atoms with Gasteiger partial charge in [0.25, 0.3) is 0 Å². The molecule has 29 heavy (non-hydrogen) atoms. The second-order valence-electron chi connectivity index (χ2n) is 7.51. The minimum Gasteiger partial charge on any atom is -0.456 e. The lowest BCUT2D eigenvalue weighted by Crippen LogP contribution is -1.89. The summed E-state index contributed by atoms with van der Waals surface area (Å²) in [6, 6.07) is 23.1. The number of furan rings is 1. The molecular weight excluding hydrogens is 354 g/mol. The molecule has 2 aromatic heterocycles. The Bertz CT molecular complexity index is 1480. The fourth-order valence-electron chi connectivity index (χ4n) is 3.72. The van der Waals surface area contributed by atoms with Crippen molar-refractivity contribution in [2.75, 3.05) is 0 Å². The predicted molar refractivity (Wildman–Crippen MR) is 121 cm³/mol. The maximum atomic E-state index is 8.38. The first kappa shape index (κ1) is 13.7. The lowest BCUT2D eigenvalue weighted by atomic mass is 9.98. The number of fused-ring (bicyclic) bond motifs is 3. The maximum Gasteiger partial charge on any atom is 0.135 e. The minimum atomic E-state index is -2.26. The van der Waals surface area contributed by atoms with Gasteiger partial charge in [-0.05, 0) is 71.4 Å². The van der Waals surface area contributed by atoms with Gasteiger partial charge in [0.2, 0.25) is 0 Å². The molecule has 2 heterocycles. The standard InChI is InChI=1S/C27H23NO/c1-17(2)20-9-11-26-23(13-20)24-14-21(10-12-27(24)29-26)25-15-22(18(3)16-28-25)19-7-5-4-6-8-19/h4-17H,1-3H3/i3D3,17D. The normalized spacial score (nSPS) is 14.4. The van der Waals surface area contributed by atoms with Crippen molar-refractivity contribution in [3.63, 3.8) is 0 Å². The molecule has 0 unspecified atom stereocenters. The van der Waals surface area contributed by atoms with Gasteiger partial charge in [-0.1, -0.05) is 50.2 Å². The molecule has 0 aliphatic carbocycles. The van der Waals surface area contributed by atoms with E-state index in [0.717, 1.165) is 38.6 Å². The molecule has 2 nitrogen and oxygen atoms in total. The zero-order valence-electron chi connectivity index (χ0n) is 20.4. The Hall–Kier alpha value is -3.39. The zero-order chi connectivity index (χ0) is 23.4. The van der Waals surface area contributed by atoms with Gasteiger partial charge in [0.05, 0.1) is 5.69 Å². The van der Waals surface area contributed by atoms with Crippen LogP contribution in [0.2, 0.25) is 0 Å². The van der Waals surface area contributed by atoms with Crippen molar-refractivity contribution in [3.05, 3.63) is 90.1 Å². The van der Waals surface area contributed by atoms with Crippen molar-refractivity contribution < 1.29 is 9.90 Å². The quantitative estimate of drug-likeness (QED) is 0.319. The van der Waals surface area contributed by atoms with Crippen molar-refractivity contribution in [1.82, 2.24) is 4.98 Å². The molecule has 0 amide bonds. The highest BCUT2D eigenvalue weighted by molar-refractivity contribution is 6.06. The molecule has 0 radical (unpaired) electrons. The van der Waals surface area contributed by atoms with Gasteiger partial charge in [0.1, 0.15) is 11.2 Å². The smallest absolute Gasteiger partial charge is 0.135 e. The van der Waals surface area contributed by atoms with E-state index in [4.69, 9.17) is 9.90 Å². The number of aryl methyl sites for hydroxylation is 1. The van der Waals surface area contributed by atoms with Crippen molar-refractivity contribution in [2.24, 2.45) is 0 Å². The van der Waals surface area contributed by atoms with E-state index in [1.165, 1.54) is 6.20 Å². The van der Waals surface area contributed by atoms with Gasteiger partial charge < -0.3 is 4.42 Å². The average molecular weight is 382 g/mol. The first-order valence-electron chi connectivity index (χ1n) is 11.6. The van der Waals surface area contributed by atoms with E-state index >= 15 is 0 Å². The summed E-state index contributed by atoms with van der Waals surface area (Å²) in [7, 11) is 0. The molecule has 0 aliphatic rings. The number of hydrogen-bond donors (Lipinski definition) is 0.